The van der Waals surface area contributed by atoms with Crippen LogP contribution in [0.1, 0.15) is 38.4 Å². The zero-order valence-corrected chi connectivity index (χ0v) is 19.4. The second-order valence-electron chi connectivity index (χ2n) is 8.71. The average Bonchev–Trinajstić information content (AvgIpc) is 3.28. The summed E-state index contributed by atoms with van der Waals surface area (Å²) in [5.74, 6) is -0.451. The SMILES string of the molecule is Cc1ccc(CNC(=O)c2nc3c(=O)n(Cc4ccc(C)cc4)c4cc(C)ccc4n3n2)cc1. The number of aryl methyl sites for hydroxylation is 3. The Morgan fingerprint density at radius 2 is 1.44 bits per heavy atom. The van der Waals surface area contributed by atoms with Crippen LogP contribution in [0.4, 0.5) is 0 Å². The van der Waals surface area contributed by atoms with Crippen LogP contribution in [0, 0.1) is 20.8 Å². The van der Waals surface area contributed by atoms with E-state index < -0.39 is 5.91 Å². The maximum atomic E-state index is 13.5. The van der Waals surface area contributed by atoms with Crippen LogP contribution in [-0.4, -0.2) is 25.1 Å². The fourth-order valence-electron chi connectivity index (χ4n) is 3.97. The van der Waals surface area contributed by atoms with Gasteiger partial charge in [-0.1, -0.05) is 65.7 Å². The number of hydrogen-bond acceptors (Lipinski definition) is 4. The summed E-state index contributed by atoms with van der Waals surface area (Å²) in [4.78, 5) is 30.6. The Kier molecular flexibility index (Phi) is 5.45. The number of benzene rings is 3. The molecule has 1 N–H and O–H groups in total. The highest BCUT2D eigenvalue weighted by molar-refractivity contribution is 5.91. The zero-order valence-electron chi connectivity index (χ0n) is 19.4. The van der Waals surface area contributed by atoms with Gasteiger partial charge in [0.2, 0.25) is 11.5 Å². The minimum Gasteiger partial charge on any atom is -0.345 e. The molecule has 0 fully saturated rings. The molecule has 0 aliphatic heterocycles. The van der Waals surface area contributed by atoms with Crippen LogP contribution in [-0.2, 0) is 13.1 Å². The molecule has 170 valence electrons. The van der Waals surface area contributed by atoms with Crippen LogP contribution in [0.25, 0.3) is 16.7 Å². The number of carbonyl (C=O) groups is 1. The van der Waals surface area contributed by atoms with Crippen molar-refractivity contribution in [2.75, 3.05) is 0 Å². The van der Waals surface area contributed by atoms with E-state index in [4.69, 9.17) is 0 Å². The first kappa shape index (κ1) is 21.6. The smallest absolute Gasteiger partial charge is 0.296 e. The lowest BCUT2D eigenvalue weighted by molar-refractivity contribution is 0.0941. The van der Waals surface area contributed by atoms with E-state index in [0.29, 0.717) is 13.1 Å². The van der Waals surface area contributed by atoms with Gasteiger partial charge in [-0.15, -0.1) is 5.10 Å². The molecule has 0 aliphatic rings. The molecule has 7 heteroatoms. The molecule has 7 nitrogen and oxygen atoms in total. The molecule has 0 saturated carbocycles. The van der Waals surface area contributed by atoms with E-state index in [-0.39, 0.29) is 17.0 Å². The van der Waals surface area contributed by atoms with Crippen molar-refractivity contribution in [3.63, 3.8) is 0 Å². The molecule has 1 amide bonds. The van der Waals surface area contributed by atoms with Gasteiger partial charge < -0.3 is 5.32 Å². The molecular formula is C27H25N5O2. The minimum atomic E-state index is -0.422. The third-order valence-corrected chi connectivity index (χ3v) is 5.93. The molecular weight excluding hydrogens is 426 g/mol. The minimum absolute atomic E-state index is 0.0285. The molecule has 3 aromatic carbocycles. The molecule has 5 aromatic rings. The Morgan fingerprint density at radius 3 is 2.12 bits per heavy atom. The largest absolute Gasteiger partial charge is 0.345 e. The lowest BCUT2D eigenvalue weighted by atomic mass is 10.1. The second-order valence-corrected chi connectivity index (χ2v) is 8.71. The van der Waals surface area contributed by atoms with Crippen LogP contribution in [0.5, 0.6) is 0 Å². The number of carbonyl (C=O) groups excluding carboxylic acids is 1. The van der Waals surface area contributed by atoms with Crippen molar-refractivity contribution >= 4 is 22.6 Å². The predicted octanol–water partition coefficient (Wildman–Crippen LogP) is 3.95. The van der Waals surface area contributed by atoms with Crippen molar-refractivity contribution in [3.05, 3.63) is 111 Å². The fourth-order valence-corrected chi connectivity index (χ4v) is 3.97. The molecule has 0 spiro atoms. The maximum absolute atomic E-state index is 13.5. The molecule has 0 radical (unpaired) electrons. The number of fused-ring (bicyclic) bond motifs is 3. The predicted molar refractivity (Wildman–Crippen MR) is 132 cm³/mol. The lowest BCUT2D eigenvalue weighted by Gasteiger charge is -2.12. The normalized spacial score (nSPS) is 11.3. The third kappa shape index (κ3) is 4.08. The monoisotopic (exact) mass is 451 g/mol. The van der Waals surface area contributed by atoms with Gasteiger partial charge in [0.1, 0.15) is 0 Å². The second kappa shape index (κ2) is 8.59. The average molecular weight is 452 g/mol. The van der Waals surface area contributed by atoms with E-state index in [2.05, 4.69) is 15.4 Å². The quantitative estimate of drug-likeness (QED) is 0.439. The molecule has 0 bridgehead atoms. The van der Waals surface area contributed by atoms with Gasteiger partial charge in [0, 0.05) is 6.54 Å². The standard InChI is InChI=1S/C27H25N5O2/c1-17-4-9-20(10-5-17)15-28-26(33)24-29-25-27(34)31(16-21-11-6-18(2)7-12-21)23-14-19(3)8-13-22(23)32(25)30-24/h4-14H,15-16H2,1-3H3,(H,28,33). The highest BCUT2D eigenvalue weighted by Gasteiger charge is 2.19. The van der Waals surface area contributed by atoms with Crippen molar-refractivity contribution in [1.29, 1.82) is 0 Å². The Labute approximate surface area is 196 Å². The highest BCUT2D eigenvalue weighted by Crippen LogP contribution is 2.17. The number of nitrogens with one attached hydrogen (secondary N) is 1. The Morgan fingerprint density at radius 1 is 0.824 bits per heavy atom. The summed E-state index contributed by atoms with van der Waals surface area (Å²) >= 11 is 0. The van der Waals surface area contributed by atoms with Gasteiger partial charge >= 0.3 is 0 Å². The number of rotatable bonds is 5. The molecule has 5 rings (SSSR count). The van der Waals surface area contributed by atoms with Crippen LogP contribution < -0.4 is 10.9 Å². The summed E-state index contributed by atoms with van der Waals surface area (Å²) in [5, 5.41) is 7.24. The van der Waals surface area contributed by atoms with Crippen molar-refractivity contribution in [3.8, 4) is 0 Å². The zero-order chi connectivity index (χ0) is 23.8. The van der Waals surface area contributed by atoms with Crippen molar-refractivity contribution in [1.82, 2.24) is 24.5 Å². The van der Waals surface area contributed by atoms with E-state index in [1.54, 1.807) is 4.57 Å². The lowest BCUT2D eigenvalue weighted by Crippen LogP contribution is -2.24. The van der Waals surface area contributed by atoms with Crippen LogP contribution >= 0.6 is 0 Å². The van der Waals surface area contributed by atoms with E-state index in [9.17, 15) is 9.59 Å². The molecule has 0 aliphatic carbocycles. The van der Waals surface area contributed by atoms with Gasteiger partial charge in [-0.25, -0.2) is 4.52 Å². The van der Waals surface area contributed by atoms with Gasteiger partial charge in [0.15, 0.2) is 0 Å². The number of nitrogens with zero attached hydrogens (tertiary/aromatic N) is 4. The van der Waals surface area contributed by atoms with E-state index >= 15 is 0 Å². The van der Waals surface area contributed by atoms with E-state index in [1.165, 1.54) is 4.52 Å². The Hall–Kier alpha value is -4.26. The Balaban J connectivity index is 1.55. The summed E-state index contributed by atoms with van der Waals surface area (Å²) < 4.78 is 3.18. The van der Waals surface area contributed by atoms with E-state index in [0.717, 1.165) is 38.9 Å². The molecule has 0 unspecified atom stereocenters. The first-order chi connectivity index (χ1) is 16.4. The topological polar surface area (TPSA) is 81.3 Å². The summed E-state index contributed by atoms with van der Waals surface area (Å²) in [6.45, 7) is 6.78. The Bertz CT molecular complexity index is 1580. The van der Waals surface area contributed by atoms with Crippen LogP contribution in [0.3, 0.4) is 0 Å². The van der Waals surface area contributed by atoms with Crippen molar-refractivity contribution in [2.24, 2.45) is 0 Å². The first-order valence-electron chi connectivity index (χ1n) is 11.2. The summed E-state index contributed by atoms with van der Waals surface area (Å²) in [5.41, 5.74) is 6.63. The first-order valence-corrected chi connectivity index (χ1v) is 11.2. The molecule has 2 aromatic heterocycles. The van der Waals surface area contributed by atoms with Crippen LogP contribution in [0.2, 0.25) is 0 Å². The van der Waals surface area contributed by atoms with Gasteiger partial charge in [-0.2, -0.15) is 4.98 Å². The highest BCUT2D eigenvalue weighted by atomic mass is 16.2. The van der Waals surface area contributed by atoms with Gasteiger partial charge in [-0.3, -0.25) is 14.2 Å². The van der Waals surface area contributed by atoms with E-state index in [1.807, 2.05) is 87.5 Å². The van der Waals surface area contributed by atoms with Gasteiger partial charge in [-0.05, 0) is 49.6 Å². The number of amides is 1. The molecule has 2 heterocycles. The maximum Gasteiger partial charge on any atom is 0.296 e. The summed E-state index contributed by atoms with van der Waals surface area (Å²) in [7, 11) is 0. The molecule has 0 saturated heterocycles. The fraction of sp³-hybridized carbons (Fsp3) is 0.185. The van der Waals surface area contributed by atoms with Crippen molar-refractivity contribution in [2.45, 2.75) is 33.9 Å². The summed E-state index contributed by atoms with van der Waals surface area (Å²) in [6, 6.07) is 21.8. The molecule has 34 heavy (non-hydrogen) atoms. The third-order valence-electron chi connectivity index (χ3n) is 5.93. The number of hydrogen-bond donors (Lipinski definition) is 1. The van der Waals surface area contributed by atoms with Gasteiger partial charge in [0.05, 0.1) is 17.6 Å². The molecule has 0 atom stereocenters. The van der Waals surface area contributed by atoms with Crippen LogP contribution in [0.15, 0.2) is 71.5 Å². The summed E-state index contributed by atoms with van der Waals surface area (Å²) in [6.07, 6.45) is 0. The van der Waals surface area contributed by atoms with Gasteiger partial charge in [0.25, 0.3) is 11.5 Å². The van der Waals surface area contributed by atoms with Crippen molar-refractivity contribution < 1.29 is 4.79 Å². The number of aromatic nitrogens is 4.